The van der Waals surface area contributed by atoms with Crippen LogP contribution in [0.2, 0.25) is 0 Å². The molecule has 7 nitrogen and oxygen atoms in total. The molecule has 1 saturated carbocycles. The van der Waals surface area contributed by atoms with Crippen LogP contribution in [-0.2, 0) is 17.9 Å². The summed E-state index contributed by atoms with van der Waals surface area (Å²) in [4.78, 5) is 24.7. The van der Waals surface area contributed by atoms with Crippen molar-refractivity contribution in [1.82, 2.24) is 19.4 Å². The second-order valence-electron chi connectivity index (χ2n) is 12.0. The van der Waals surface area contributed by atoms with Gasteiger partial charge in [-0.05, 0) is 51.1 Å². The number of aromatic nitrogens is 3. The van der Waals surface area contributed by atoms with Gasteiger partial charge in [-0.25, -0.2) is 23.1 Å². The first-order valence-electron chi connectivity index (χ1n) is 14.7. The van der Waals surface area contributed by atoms with Crippen molar-refractivity contribution in [1.29, 1.82) is 5.26 Å². The average molecular weight is 565 g/mol. The number of benzene rings is 1. The third kappa shape index (κ3) is 5.21. The number of hydrogen-bond donors (Lipinski definition) is 1. The van der Waals surface area contributed by atoms with Crippen molar-refractivity contribution < 1.29 is 13.2 Å². The molecule has 10 heteroatoms. The number of hydrogen-bond acceptors (Lipinski definition) is 6. The van der Waals surface area contributed by atoms with Crippen LogP contribution in [0, 0.1) is 23.1 Å². The van der Waals surface area contributed by atoms with E-state index in [1.807, 2.05) is 0 Å². The van der Waals surface area contributed by atoms with E-state index >= 15 is 13.2 Å². The first-order valence-corrected chi connectivity index (χ1v) is 14.7. The van der Waals surface area contributed by atoms with Crippen molar-refractivity contribution in [2.24, 2.45) is 5.92 Å². The summed E-state index contributed by atoms with van der Waals surface area (Å²) in [5, 5.41) is 13.6. The molecule has 2 aromatic heterocycles. The van der Waals surface area contributed by atoms with Gasteiger partial charge in [0.05, 0.1) is 28.5 Å². The Morgan fingerprint density at radius 1 is 1.05 bits per heavy atom. The molecule has 1 aromatic carbocycles. The molecule has 1 saturated heterocycles. The van der Waals surface area contributed by atoms with Crippen molar-refractivity contribution >= 4 is 16.9 Å². The molecule has 3 aromatic rings. The zero-order chi connectivity index (χ0) is 28.8. The molecule has 216 valence electrons. The van der Waals surface area contributed by atoms with Gasteiger partial charge in [0.1, 0.15) is 23.6 Å². The number of fused-ring (bicyclic) bond motifs is 8. The summed E-state index contributed by atoms with van der Waals surface area (Å²) in [5.74, 6) is -3.99. The molecular formula is C31H35F3N6O. The normalized spacial score (nSPS) is 25.8. The van der Waals surface area contributed by atoms with E-state index in [9.17, 15) is 10.1 Å². The van der Waals surface area contributed by atoms with Crippen molar-refractivity contribution in [2.45, 2.75) is 82.2 Å². The maximum atomic E-state index is 15.7. The average Bonchev–Trinajstić information content (AvgIpc) is 3.72. The van der Waals surface area contributed by atoms with E-state index in [1.165, 1.54) is 24.5 Å². The molecule has 1 aliphatic carbocycles. The minimum absolute atomic E-state index is 0.110. The van der Waals surface area contributed by atoms with Gasteiger partial charge in [0, 0.05) is 37.2 Å². The number of halogens is 3. The summed E-state index contributed by atoms with van der Waals surface area (Å²) in [6.07, 6.45) is 6.96. The number of nitriles is 1. The van der Waals surface area contributed by atoms with Crippen molar-refractivity contribution in [3.05, 3.63) is 63.5 Å². The maximum absolute atomic E-state index is 15.7. The molecule has 0 radical (unpaired) electrons. The lowest BCUT2D eigenvalue weighted by Gasteiger charge is -2.41. The van der Waals surface area contributed by atoms with E-state index in [0.29, 0.717) is 54.9 Å². The minimum Gasteiger partial charge on any atom is -0.363 e. The monoisotopic (exact) mass is 564 g/mol. The highest BCUT2D eigenvalue weighted by Gasteiger charge is 2.47. The highest BCUT2D eigenvalue weighted by atomic mass is 19.3. The molecule has 0 unspecified atom stereocenters. The van der Waals surface area contributed by atoms with E-state index < -0.39 is 28.8 Å². The molecule has 8 bridgehead atoms. The van der Waals surface area contributed by atoms with Gasteiger partial charge in [0.15, 0.2) is 0 Å². The number of nitrogens with zero attached hydrogens (tertiary/aromatic N) is 5. The number of rotatable bonds is 1. The summed E-state index contributed by atoms with van der Waals surface area (Å²) < 4.78 is 48.1. The predicted molar refractivity (Wildman–Crippen MR) is 150 cm³/mol. The van der Waals surface area contributed by atoms with E-state index in [-0.39, 0.29) is 23.5 Å². The number of pyridine rings is 1. The Morgan fingerprint density at radius 2 is 1.78 bits per heavy atom. The van der Waals surface area contributed by atoms with Crippen LogP contribution in [0.15, 0.2) is 35.4 Å². The molecular weight excluding hydrogens is 529 g/mol. The second-order valence-corrected chi connectivity index (χ2v) is 12.0. The Labute approximate surface area is 237 Å². The van der Waals surface area contributed by atoms with Gasteiger partial charge in [0.25, 0.3) is 11.5 Å². The standard InChI is InChI=1S/C31H35F3N6O/c1-20-22-8-7-9-24(26(22)32)31(33,34)15-21-16-39(17-21)12-5-3-2-4-6-13-40-28-23(27(38-20)36-19-37-28)14-25(29(40)41)30(18-35)10-11-30/h7-9,14,19-21H,2-6,10-13,15-17H2,1H3,(H,36,37,38)/t20-/m0/s1. The molecule has 1 atom stereocenters. The lowest BCUT2D eigenvalue weighted by Crippen LogP contribution is -2.48. The summed E-state index contributed by atoms with van der Waals surface area (Å²) in [6.45, 7) is 4.26. The van der Waals surface area contributed by atoms with Crippen molar-refractivity contribution in [3.63, 3.8) is 0 Å². The second kappa shape index (κ2) is 10.8. The van der Waals surface area contributed by atoms with Crippen molar-refractivity contribution in [2.75, 3.05) is 25.0 Å². The molecule has 3 aliphatic heterocycles. The largest absolute Gasteiger partial charge is 0.363 e. The molecule has 4 aliphatic rings. The molecule has 41 heavy (non-hydrogen) atoms. The van der Waals surface area contributed by atoms with E-state index in [4.69, 9.17) is 0 Å². The van der Waals surface area contributed by atoms with Crippen LogP contribution in [0.5, 0.6) is 0 Å². The fourth-order valence-corrected chi connectivity index (χ4v) is 6.46. The third-order valence-electron chi connectivity index (χ3n) is 9.04. The fraction of sp³-hybridized carbons (Fsp3) is 0.548. The third-order valence-corrected chi connectivity index (χ3v) is 9.04. The topological polar surface area (TPSA) is 86.8 Å². The number of nitrogens with one attached hydrogen (secondary N) is 1. The van der Waals surface area contributed by atoms with Crippen LogP contribution in [0.25, 0.3) is 11.0 Å². The number of aryl methyl sites for hydroxylation is 1. The Bertz CT molecular complexity index is 1550. The van der Waals surface area contributed by atoms with E-state index in [2.05, 4.69) is 26.3 Å². The molecule has 0 spiro atoms. The molecule has 5 heterocycles. The molecule has 2 fully saturated rings. The summed E-state index contributed by atoms with van der Waals surface area (Å²) >= 11 is 0. The molecule has 1 N–H and O–H groups in total. The van der Waals surface area contributed by atoms with Gasteiger partial charge in [-0.2, -0.15) is 5.26 Å². The number of anilines is 1. The van der Waals surface area contributed by atoms with Gasteiger partial charge in [0.2, 0.25) is 0 Å². The van der Waals surface area contributed by atoms with Crippen molar-refractivity contribution in [3.8, 4) is 6.07 Å². The minimum atomic E-state index is -3.28. The SMILES string of the molecule is C[C@@H]1Nc2ncnc3c2cc(C2(C#N)CC2)c(=O)n3CCCCCCCN2CC(C2)CC(F)(F)c2cccc1c2F. The van der Waals surface area contributed by atoms with Gasteiger partial charge < -0.3 is 10.2 Å². The molecule has 7 rings (SSSR count). The highest BCUT2D eigenvalue weighted by molar-refractivity contribution is 5.87. The number of alkyl halides is 2. The summed E-state index contributed by atoms with van der Waals surface area (Å²) in [5.41, 5.74) is -0.629. The van der Waals surface area contributed by atoms with Crippen LogP contribution in [0.1, 0.15) is 81.0 Å². The summed E-state index contributed by atoms with van der Waals surface area (Å²) in [7, 11) is 0. The van der Waals surface area contributed by atoms with Gasteiger partial charge in [-0.15, -0.1) is 0 Å². The lowest BCUT2D eigenvalue weighted by molar-refractivity contribution is -0.0592. The first kappa shape index (κ1) is 27.7. The Hall–Kier alpha value is -3.45. The molecule has 0 amide bonds. The van der Waals surface area contributed by atoms with Gasteiger partial charge in [-0.1, -0.05) is 37.5 Å². The smallest absolute Gasteiger partial charge is 0.276 e. The highest BCUT2D eigenvalue weighted by Crippen LogP contribution is 2.47. The Kier molecular flexibility index (Phi) is 7.26. The van der Waals surface area contributed by atoms with Crippen LogP contribution < -0.4 is 10.9 Å². The Morgan fingerprint density at radius 3 is 2.51 bits per heavy atom. The predicted octanol–water partition coefficient (Wildman–Crippen LogP) is 6.04. The van der Waals surface area contributed by atoms with Crippen LogP contribution in [0.3, 0.4) is 0 Å². The zero-order valence-electron chi connectivity index (χ0n) is 23.3. The van der Waals surface area contributed by atoms with Crippen LogP contribution in [0.4, 0.5) is 19.0 Å². The summed E-state index contributed by atoms with van der Waals surface area (Å²) in [6, 6.07) is 7.48. The quantitative estimate of drug-likeness (QED) is 0.388. The Balaban J connectivity index is 1.41. The van der Waals surface area contributed by atoms with Gasteiger partial charge in [-0.3, -0.25) is 9.36 Å². The van der Waals surface area contributed by atoms with Crippen LogP contribution in [-0.4, -0.2) is 39.1 Å². The van der Waals surface area contributed by atoms with Crippen LogP contribution >= 0.6 is 0 Å². The fourth-order valence-electron chi connectivity index (χ4n) is 6.46. The zero-order valence-corrected chi connectivity index (χ0v) is 23.3. The first-order chi connectivity index (χ1) is 19.7. The maximum Gasteiger partial charge on any atom is 0.276 e. The van der Waals surface area contributed by atoms with Gasteiger partial charge >= 0.3 is 0 Å². The lowest BCUT2D eigenvalue weighted by atomic mass is 9.88. The van der Waals surface area contributed by atoms with E-state index in [0.717, 1.165) is 38.6 Å². The van der Waals surface area contributed by atoms with E-state index in [1.54, 1.807) is 17.6 Å².